The van der Waals surface area contributed by atoms with Gasteiger partial charge in [0.25, 0.3) is 0 Å². The molecule has 2 nitrogen and oxygen atoms in total. The Hall–Kier alpha value is -0.630. The Kier molecular flexibility index (Phi) is 4.58. The molecule has 90 valence electrons. The molecule has 1 saturated carbocycles. The zero-order chi connectivity index (χ0) is 11.2. The van der Waals surface area contributed by atoms with E-state index in [0.717, 1.165) is 45.3 Å². The largest absolute Gasteiger partial charge is 0.381 e. The smallest absolute Gasteiger partial charge is 0.155 e. The van der Waals surface area contributed by atoms with Crippen molar-refractivity contribution in [3.63, 3.8) is 0 Å². The van der Waals surface area contributed by atoms with Crippen LogP contribution in [0.5, 0.6) is 0 Å². The summed E-state index contributed by atoms with van der Waals surface area (Å²) >= 11 is 0. The van der Waals surface area contributed by atoms with Gasteiger partial charge < -0.3 is 4.74 Å². The molecule has 0 radical (unpaired) electrons. The molecule has 0 spiro atoms. The van der Waals surface area contributed by atoms with Crippen LogP contribution in [0, 0.1) is 5.92 Å². The molecule has 0 amide bonds. The molecule has 1 saturated heterocycles. The fourth-order valence-corrected chi connectivity index (χ4v) is 2.67. The van der Waals surface area contributed by atoms with Crippen molar-refractivity contribution in [1.29, 1.82) is 0 Å². The fraction of sp³-hybridized carbons (Fsp3) is 0.786. The summed E-state index contributed by atoms with van der Waals surface area (Å²) < 4.78 is 5.30. The van der Waals surface area contributed by atoms with E-state index in [-0.39, 0.29) is 0 Å². The summed E-state index contributed by atoms with van der Waals surface area (Å²) in [6.45, 7) is 1.68. The summed E-state index contributed by atoms with van der Waals surface area (Å²) in [6.07, 6.45) is 11.0. The maximum atomic E-state index is 11.9. The van der Waals surface area contributed by atoms with Gasteiger partial charge in [0.05, 0.1) is 0 Å². The van der Waals surface area contributed by atoms with Crippen molar-refractivity contribution in [3.8, 4) is 0 Å². The molecule has 2 rings (SSSR count). The van der Waals surface area contributed by atoms with Gasteiger partial charge in [-0.25, -0.2) is 0 Å². The van der Waals surface area contributed by atoms with Crippen molar-refractivity contribution in [2.24, 2.45) is 5.92 Å². The lowest BCUT2D eigenvalue weighted by atomic mass is 9.90. The summed E-state index contributed by atoms with van der Waals surface area (Å²) in [5, 5.41) is 0. The van der Waals surface area contributed by atoms with Crippen molar-refractivity contribution in [2.45, 2.75) is 51.4 Å². The predicted molar refractivity (Wildman–Crippen MR) is 64.3 cm³/mol. The van der Waals surface area contributed by atoms with E-state index in [1.165, 1.54) is 24.8 Å². The van der Waals surface area contributed by atoms with Gasteiger partial charge in [0, 0.05) is 19.6 Å². The molecule has 0 bridgehead atoms. The lowest BCUT2D eigenvalue weighted by molar-refractivity contribution is -0.116. The highest BCUT2D eigenvalue weighted by atomic mass is 16.5. The van der Waals surface area contributed by atoms with Crippen LogP contribution in [0.4, 0.5) is 0 Å². The van der Waals surface area contributed by atoms with Crippen molar-refractivity contribution in [1.82, 2.24) is 0 Å². The highest BCUT2D eigenvalue weighted by molar-refractivity contribution is 5.90. The molecular formula is C14H22O2. The molecule has 0 aromatic rings. The molecule has 1 aliphatic heterocycles. The Labute approximate surface area is 98.1 Å². The first-order chi connectivity index (χ1) is 7.84. The highest BCUT2D eigenvalue weighted by Crippen LogP contribution is 2.24. The van der Waals surface area contributed by atoms with E-state index in [1.54, 1.807) is 0 Å². The Bertz CT molecular complexity index is 254. The van der Waals surface area contributed by atoms with E-state index < -0.39 is 0 Å². The minimum absolute atomic E-state index is 0.351. The van der Waals surface area contributed by atoms with Gasteiger partial charge in [0.1, 0.15) is 0 Å². The van der Waals surface area contributed by atoms with Gasteiger partial charge in [0.15, 0.2) is 5.78 Å². The molecule has 2 aliphatic rings. The maximum Gasteiger partial charge on any atom is 0.155 e. The molecule has 0 unspecified atom stereocenters. The van der Waals surface area contributed by atoms with Crippen molar-refractivity contribution >= 4 is 5.78 Å². The normalized spacial score (nSPS) is 23.1. The van der Waals surface area contributed by atoms with Crippen molar-refractivity contribution in [2.75, 3.05) is 13.2 Å². The Morgan fingerprint density at radius 3 is 2.56 bits per heavy atom. The quantitative estimate of drug-likeness (QED) is 0.685. The van der Waals surface area contributed by atoms with Crippen molar-refractivity contribution < 1.29 is 9.53 Å². The second-order valence-corrected chi connectivity index (χ2v) is 5.09. The van der Waals surface area contributed by atoms with Crippen LogP contribution in [-0.2, 0) is 9.53 Å². The van der Waals surface area contributed by atoms with Gasteiger partial charge in [-0.1, -0.05) is 12.0 Å². The maximum absolute atomic E-state index is 11.9. The molecule has 16 heavy (non-hydrogen) atoms. The second-order valence-electron chi connectivity index (χ2n) is 5.09. The molecule has 0 aromatic carbocycles. The minimum atomic E-state index is 0.351. The molecular weight excluding hydrogens is 200 g/mol. The number of ether oxygens (including phenoxy) is 1. The van der Waals surface area contributed by atoms with Gasteiger partial charge in [-0.15, -0.1) is 0 Å². The molecule has 2 fully saturated rings. The SMILES string of the molecule is O=C(C=C1CCCCC1)CC1CCOCC1. The van der Waals surface area contributed by atoms with E-state index in [2.05, 4.69) is 0 Å². The first-order valence-electron chi connectivity index (χ1n) is 6.64. The van der Waals surface area contributed by atoms with Crippen LogP contribution in [0.3, 0.4) is 0 Å². The monoisotopic (exact) mass is 222 g/mol. The number of ketones is 1. The summed E-state index contributed by atoms with van der Waals surface area (Å²) in [6, 6.07) is 0. The fourth-order valence-electron chi connectivity index (χ4n) is 2.67. The van der Waals surface area contributed by atoms with Gasteiger partial charge in [-0.2, -0.15) is 0 Å². The van der Waals surface area contributed by atoms with Crippen molar-refractivity contribution in [3.05, 3.63) is 11.6 Å². The number of carbonyl (C=O) groups is 1. The summed E-state index contributed by atoms with van der Waals surface area (Å²) in [5.74, 6) is 0.922. The average Bonchev–Trinajstić information content (AvgIpc) is 2.31. The van der Waals surface area contributed by atoms with E-state index in [0.29, 0.717) is 11.7 Å². The van der Waals surface area contributed by atoms with Crippen LogP contribution in [0.1, 0.15) is 51.4 Å². The molecule has 2 heteroatoms. The average molecular weight is 222 g/mol. The first kappa shape index (κ1) is 11.8. The summed E-state index contributed by atoms with van der Waals surface area (Å²) in [7, 11) is 0. The molecule has 0 N–H and O–H groups in total. The van der Waals surface area contributed by atoms with Crippen LogP contribution in [0.2, 0.25) is 0 Å². The van der Waals surface area contributed by atoms with Crippen LogP contribution >= 0.6 is 0 Å². The zero-order valence-electron chi connectivity index (χ0n) is 10.0. The minimum Gasteiger partial charge on any atom is -0.381 e. The van der Waals surface area contributed by atoms with Gasteiger partial charge >= 0.3 is 0 Å². The summed E-state index contributed by atoms with van der Waals surface area (Å²) in [5.41, 5.74) is 1.39. The number of rotatable bonds is 3. The molecule has 1 aliphatic carbocycles. The Morgan fingerprint density at radius 1 is 1.19 bits per heavy atom. The highest BCUT2D eigenvalue weighted by Gasteiger charge is 2.17. The van der Waals surface area contributed by atoms with Crippen LogP contribution in [0.25, 0.3) is 0 Å². The number of carbonyl (C=O) groups excluding carboxylic acids is 1. The number of hydrogen-bond acceptors (Lipinski definition) is 2. The number of hydrogen-bond donors (Lipinski definition) is 0. The van der Waals surface area contributed by atoms with Gasteiger partial charge in [-0.05, 0) is 50.5 Å². The molecule has 1 heterocycles. The molecule has 0 atom stereocenters. The number of allylic oxidation sites excluding steroid dienone is 2. The first-order valence-corrected chi connectivity index (χ1v) is 6.64. The Balaban J connectivity index is 1.78. The third-order valence-corrected chi connectivity index (χ3v) is 3.69. The van der Waals surface area contributed by atoms with E-state index >= 15 is 0 Å². The van der Waals surface area contributed by atoms with E-state index in [1.807, 2.05) is 6.08 Å². The van der Waals surface area contributed by atoms with Gasteiger partial charge in [0.2, 0.25) is 0 Å². The summed E-state index contributed by atoms with van der Waals surface area (Å²) in [4.78, 5) is 11.9. The van der Waals surface area contributed by atoms with E-state index in [4.69, 9.17) is 4.74 Å². The lowest BCUT2D eigenvalue weighted by Crippen LogP contribution is -2.18. The van der Waals surface area contributed by atoms with Crippen LogP contribution in [0.15, 0.2) is 11.6 Å². The second kappa shape index (κ2) is 6.19. The zero-order valence-corrected chi connectivity index (χ0v) is 10.0. The van der Waals surface area contributed by atoms with Crippen LogP contribution < -0.4 is 0 Å². The Morgan fingerprint density at radius 2 is 1.88 bits per heavy atom. The standard InChI is InChI=1S/C14H22O2/c15-14(10-12-4-2-1-3-5-12)11-13-6-8-16-9-7-13/h10,13H,1-9,11H2. The van der Waals surface area contributed by atoms with Gasteiger partial charge in [-0.3, -0.25) is 4.79 Å². The predicted octanol–water partition coefficient (Wildman–Crippen LogP) is 3.26. The van der Waals surface area contributed by atoms with E-state index in [9.17, 15) is 4.79 Å². The topological polar surface area (TPSA) is 26.3 Å². The third kappa shape index (κ3) is 3.75. The third-order valence-electron chi connectivity index (χ3n) is 3.69. The lowest BCUT2D eigenvalue weighted by Gasteiger charge is -2.21. The molecule has 0 aromatic heterocycles. The van der Waals surface area contributed by atoms with Crippen LogP contribution in [-0.4, -0.2) is 19.0 Å².